The first-order valence-electron chi connectivity index (χ1n) is 8.66. The van der Waals surface area contributed by atoms with Crippen LogP contribution < -0.4 is 26.7 Å². The highest BCUT2D eigenvalue weighted by atomic mass is 16.2. The average Bonchev–Trinajstić information content (AvgIpc) is 2.68. The van der Waals surface area contributed by atoms with Gasteiger partial charge in [-0.05, 0) is 37.3 Å². The summed E-state index contributed by atoms with van der Waals surface area (Å²) in [6.45, 7) is 3.82. The number of hydrogen-bond acceptors (Lipinski definition) is 7. The fourth-order valence-corrected chi connectivity index (χ4v) is 2.70. The predicted octanol–water partition coefficient (Wildman–Crippen LogP) is 1.16. The van der Waals surface area contributed by atoms with Gasteiger partial charge in [-0.25, -0.2) is 19.7 Å². The first-order valence-corrected chi connectivity index (χ1v) is 8.66. The molecule has 0 spiro atoms. The van der Waals surface area contributed by atoms with Crippen LogP contribution in [0.4, 0.5) is 22.1 Å². The van der Waals surface area contributed by atoms with Gasteiger partial charge in [0.15, 0.2) is 11.5 Å². The minimum Gasteiger partial charge on any atom is -0.339 e. The molecular formula is C18H18N8O. The van der Waals surface area contributed by atoms with Crippen molar-refractivity contribution in [1.82, 2.24) is 20.3 Å². The van der Waals surface area contributed by atoms with E-state index in [1.807, 2.05) is 25.1 Å². The Morgan fingerprint density at radius 2 is 1.85 bits per heavy atom. The molecule has 2 amide bonds. The van der Waals surface area contributed by atoms with Gasteiger partial charge in [-0.15, -0.1) is 0 Å². The second-order valence-corrected chi connectivity index (χ2v) is 5.87. The maximum Gasteiger partial charge on any atom is 0.320 e. The van der Waals surface area contributed by atoms with Gasteiger partial charge >= 0.3 is 6.03 Å². The number of fused-ring (bicyclic) bond motifs is 2. The number of amides is 2. The second-order valence-electron chi connectivity index (χ2n) is 5.87. The lowest BCUT2D eigenvalue weighted by Gasteiger charge is -2.08. The molecule has 0 bridgehead atoms. The minimum atomic E-state index is -0.310. The summed E-state index contributed by atoms with van der Waals surface area (Å²) in [5, 5.41) is 10.3. The van der Waals surface area contributed by atoms with E-state index in [2.05, 4.69) is 40.9 Å². The third-order valence-corrected chi connectivity index (χ3v) is 3.90. The molecule has 4 rings (SSSR count). The highest BCUT2D eigenvalue weighted by molar-refractivity contribution is 5.89. The summed E-state index contributed by atoms with van der Waals surface area (Å²) in [5.41, 5.74) is 1.92. The highest BCUT2D eigenvalue weighted by Crippen LogP contribution is 2.16. The molecule has 9 heteroatoms. The highest BCUT2D eigenvalue weighted by Gasteiger charge is 2.06. The third kappa shape index (κ3) is 3.81. The molecule has 3 aromatic rings. The van der Waals surface area contributed by atoms with Crippen molar-refractivity contribution >= 4 is 34.5 Å². The van der Waals surface area contributed by atoms with Crippen LogP contribution in [0.25, 0.3) is 11.2 Å². The quantitative estimate of drug-likeness (QED) is 0.644. The number of carbonyl (C=O) groups is 1. The first-order chi connectivity index (χ1) is 13.2. The average molecular weight is 362 g/mol. The van der Waals surface area contributed by atoms with E-state index < -0.39 is 0 Å². The van der Waals surface area contributed by atoms with E-state index in [-0.39, 0.29) is 6.03 Å². The van der Waals surface area contributed by atoms with Crippen molar-refractivity contribution in [2.24, 2.45) is 9.98 Å². The van der Waals surface area contributed by atoms with Gasteiger partial charge < -0.3 is 10.6 Å². The topological polar surface area (TPSA) is 117 Å². The number of urea groups is 1. The van der Waals surface area contributed by atoms with Crippen molar-refractivity contribution in [1.29, 1.82) is 0 Å². The van der Waals surface area contributed by atoms with Gasteiger partial charge in [-0.1, -0.05) is 0 Å². The van der Waals surface area contributed by atoms with Gasteiger partial charge in [0.1, 0.15) is 11.3 Å². The normalized spacial score (nSPS) is 12.5. The summed E-state index contributed by atoms with van der Waals surface area (Å²) in [6.07, 6.45) is 1.64. The molecule has 1 aliphatic heterocycles. The molecule has 1 aromatic carbocycles. The molecule has 1 aliphatic rings. The molecule has 2 aromatic heterocycles. The van der Waals surface area contributed by atoms with Gasteiger partial charge in [0.2, 0.25) is 0 Å². The van der Waals surface area contributed by atoms with Crippen molar-refractivity contribution in [3.63, 3.8) is 0 Å². The van der Waals surface area contributed by atoms with Crippen LogP contribution in [0, 0.1) is 0 Å². The zero-order valence-corrected chi connectivity index (χ0v) is 14.7. The number of benzene rings is 1. The molecule has 0 fully saturated rings. The number of rotatable bonds is 4. The number of pyridine rings is 1. The Bertz CT molecular complexity index is 1130. The minimum absolute atomic E-state index is 0.310. The number of nitrogens with zero attached hydrogens (tertiary/aromatic N) is 5. The molecule has 0 saturated heterocycles. The van der Waals surface area contributed by atoms with Crippen LogP contribution in [-0.4, -0.2) is 40.6 Å². The summed E-state index contributed by atoms with van der Waals surface area (Å²) in [5.74, 6) is 0.965. The molecule has 136 valence electrons. The van der Waals surface area contributed by atoms with Gasteiger partial charge in [0, 0.05) is 12.2 Å². The standard InChI is InChI=1S/C18H18N8O/c1-2-19-18(27)26-15-6-5-13-17(24-15)25-16(10-22-13)23-11-3-4-12-14(9-11)21-8-7-20-12/h3-6,9-10H,2,7-8H2,1H3,(H3,19,23,24,25,26,27). The van der Waals surface area contributed by atoms with E-state index in [1.54, 1.807) is 18.3 Å². The summed E-state index contributed by atoms with van der Waals surface area (Å²) in [4.78, 5) is 33.7. The van der Waals surface area contributed by atoms with E-state index >= 15 is 0 Å². The Hall–Kier alpha value is -3.62. The number of nitrogens with one attached hydrogen (secondary N) is 3. The lowest BCUT2D eigenvalue weighted by molar-refractivity contribution is 0.252. The van der Waals surface area contributed by atoms with E-state index in [1.165, 1.54) is 0 Å². The van der Waals surface area contributed by atoms with E-state index in [4.69, 9.17) is 0 Å². The number of aromatic nitrogens is 3. The Balaban J connectivity index is 1.60. The number of hydrogen-bond donors (Lipinski definition) is 3. The molecule has 0 saturated carbocycles. The van der Waals surface area contributed by atoms with Gasteiger partial charge in [-0.3, -0.25) is 15.3 Å². The monoisotopic (exact) mass is 362 g/mol. The number of anilines is 3. The Labute approximate surface area is 154 Å². The zero-order valence-electron chi connectivity index (χ0n) is 14.7. The van der Waals surface area contributed by atoms with Crippen LogP contribution in [0.15, 0.2) is 46.5 Å². The largest absolute Gasteiger partial charge is 0.339 e. The zero-order chi connectivity index (χ0) is 18.6. The van der Waals surface area contributed by atoms with Crippen molar-refractivity contribution in [3.8, 4) is 0 Å². The molecule has 0 aliphatic carbocycles. The Morgan fingerprint density at radius 3 is 2.70 bits per heavy atom. The number of carbonyl (C=O) groups excluding carboxylic acids is 1. The van der Waals surface area contributed by atoms with E-state index in [9.17, 15) is 4.79 Å². The van der Waals surface area contributed by atoms with Crippen LogP contribution in [0.3, 0.4) is 0 Å². The van der Waals surface area contributed by atoms with Gasteiger partial charge in [0.05, 0.1) is 30.0 Å². The molecule has 27 heavy (non-hydrogen) atoms. The van der Waals surface area contributed by atoms with Crippen LogP contribution in [0.5, 0.6) is 0 Å². The first kappa shape index (κ1) is 16.8. The lowest BCUT2D eigenvalue weighted by atomic mass is 10.2. The fourth-order valence-electron chi connectivity index (χ4n) is 2.70. The van der Waals surface area contributed by atoms with E-state index in [0.29, 0.717) is 35.9 Å². The van der Waals surface area contributed by atoms with E-state index in [0.717, 1.165) is 22.9 Å². The maximum atomic E-state index is 11.6. The molecule has 9 nitrogen and oxygen atoms in total. The van der Waals surface area contributed by atoms with Crippen LogP contribution in [0.2, 0.25) is 0 Å². The molecule has 0 atom stereocenters. The van der Waals surface area contributed by atoms with Crippen molar-refractivity contribution in [2.75, 3.05) is 30.3 Å². The SMILES string of the molecule is CCNC(=O)Nc1ccc2ncc(Nc3ccc4c(c3)=NCCN=4)nc2n1. The van der Waals surface area contributed by atoms with Crippen molar-refractivity contribution in [2.45, 2.75) is 6.92 Å². The Kier molecular flexibility index (Phi) is 4.56. The summed E-state index contributed by atoms with van der Waals surface area (Å²) in [7, 11) is 0. The van der Waals surface area contributed by atoms with Crippen LogP contribution in [0.1, 0.15) is 6.92 Å². The lowest BCUT2D eigenvalue weighted by Crippen LogP contribution is -2.29. The predicted molar refractivity (Wildman–Crippen MR) is 102 cm³/mol. The molecule has 3 heterocycles. The molecule has 0 unspecified atom stereocenters. The van der Waals surface area contributed by atoms with Crippen molar-refractivity contribution in [3.05, 3.63) is 47.2 Å². The fraction of sp³-hybridized carbons (Fsp3) is 0.222. The van der Waals surface area contributed by atoms with Crippen molar-refractivity contribution < 1.29 is 4.79 Å². The van der Waals surface area contributed by atoms with Crippen LogP contribution >= 0.6 is 0 Å². The second kappa shape index (κ2) is 7.32. The molecular weight excluding hydrogens is 344 g/mol. The summed E-state index contributed by atoms with van der Waals surface area (Å²) >= 11 is 0. The van der Waals surface area contributed by atoms with Gasteiger partial charge in [-0.2, -0.15) is 0 Å². The summed E-state index contributed by atoms with van der Waals surface area (Å²) in [6, 6.07) is 8.93. The molecule has 3 N–H and O–H groups in total. The van der Waals surface area contributed by atoms with Crippen LogP contribution in [-0.2, 0) is 0 Å². The maximum absolute atomic E-state index is 11.6. The Morgan fingerprint density at radius 1 is 1.04 bits per heavy atom. The third-order valence-electron chi connectivity index (χ3n) is 3.90. The molecule has 0 radical (unpaired) electrons. The summed E-state index contributed by atoms with van der Waals surface area (Å²) < 4.78 is 0. The van der Waals surface area contributed by atoms with Gasteiger partial charge in [0.25, 0.3) is 0 Å². The smallest absolute Gasteiger partial charge is 0.320 e.